The van der Waals surface area contributed by atoms with Crippen molar-refractivity contribution in [2.75, 3.05) is 12.3 Å². The Morgan fingerprint density at radius 2 is 2.10 bits per heavy atom. The summed E-state index contributed by atoms with van der Waals surface area (Å²) in [6, 6.07) is 0. The number of nitrogens with two attached hydrogens (primary N) is 1. The minimum Gasteiger partial charge on any atom is -0.394 e. The number of hydrogen-bond donors (Lipinski definition) is 4. The minimum atomic E-state index is -1.30. The smallest absolute Gasteiger partial charge is 0.254 e. The molecule has 0 spiro atoms. The van der Waals surface area contributed by atoms with Crippen molar-refractivity contribution in [2.24, 2.45) is 0 Å². The van der Waals surface area contributed by atoms with E-state index in [-0.39, 0.29) is 5.82 Å². The number of aliphatic hydroxyl groups is 3. The van der Waals surface area contributed by atoms with Crippen molar-refractivity contribution < 1.29 is 24.9 Å². The molecule has 4 atom stereocenters. The lowest BCUT2D eigenvalue weighted by Gasteiger charge is -2.16. The Labute approximate surface area is 112 Å². The molecule has 1 aliphatic heterocycles. The second kappa shape index (κ2) is 4.83. The Hall–Kier alpha value is -2.01. The van der Waals surface area contributed by atoms with E-state index in [1.54, 1.807) is 0 Å². The third-order valence-corrected chi connectivity index (χ3v) is 3.05. The van der Waals surface area contributed by atoms with Gasteiger partial charge in [-0.3, -0.25) is 0 Å². The number of nitrogens with zero attached hydrogens (tertiary/aromatic N) is 4. The molecule has 0 unspecified atom stereocenters. The molecule has 5 N–H and O–H groups in total. The maximum Gasteiger partial charge on any atom is 0.254 e. The Kier molecular flexibility index (Phi) is 3.14. The maximum absolute atomic E-state index is 9.78. The van der Waals surface area contributed by atoms with Gasteiger partial charge < -0.3 is 30.6 Å². The van der Waals surface area contributed by atoms with Crippen LogP contribution < -0.4 is 10.6 Å². The predicted octanol–water partition coefficient (Wildman–Crippen LogP) is -2.72. The van der Waals surface area contributed by atoms with Crippen LogP contribution in [0.2, 0.25) is 0 Å². The molecule has 1 saturated heterocycles. The fourth-order valence-electron chi connectivity index (χ4n) is 1.97. The van der Waals surface area contributed by atoms with Crippen molar-refractivity contribution >= 4 is 17.0 Å². The quantitative estimate of drug-likeness (QED) is 0.471. The first-order valence-corrected chi connectivity index (χ1v) is 5.85. The fourth-order valence-corrected chi connectivity index (χ4v) is 1.97. The van der Waals surface area contributed by atoms with E-state index in [2.05, 4.69) is 15.0 Å². The van der Waals surface area contributed by atoms with E-state index in [4.69, 9.17) is 20.4 Å². The normalized spacial score (nSPS) is 29.9. The van der Waals surface area contributed by atoms with Crippen molar-refractivity contribution in [1.29, 1.82) is 0 Å². The van der Waals surface area contributed by atoms with E-state index >= 15 is 0 Å². The molecule has 0 aromatic carbocycles. The first-order valence-electron chi connectivity index (χ1n) is 5.85. The van der Waals surface area contributed by atoms with Crippen molar-refractivity contribution in [3.8, 4) is 0 Å². The van der Waals surface area contributed by atoms with Gasteiger partial charge in [0.05, 0.1) is 6.61 Å². The Morgan fingerprint density at radius 3 is 2.80 bits per heavy atom. The van der Waals surface area contributed by atoms with Crippen molar-refractivity contribution in [2.45, 2.75) is 24.6 Å². The minimum absolute atomic E-state index is 0.193. The lowest BCUT2D eigenvalue weighted by atomic mass is 10.1. The number of hydrogen-bond acceptors (Lipinski definition) is 9. The monoisotopic (exact) mass is 283 g/mol. The highest BCUT2D eigenvalue weighted by Gasteiger charge is 2.44. The zero-order valence-corrected chi connectivity index (χ0v) is 10.2. The summed E-state index contributed by atoms with van der Waals surface area (Å²) in [5, 5.41) is 28.4. The van der Waals surface area contributed by atoms with Crippen molar-refractivity contribution in [3.05, 3.63) is 12.7 Å². The van der Waals surface area contributed by atoms with E-state index < -0.39 is 31.2 Å². The molecule has 2 aromatic heterocycles. The summed E-state index contributed by atoms with van der Waals surface area (Å²) in [4.78, 5) is 17.1. The number of anilines is 1. The second-order valence-corrected chi connectivity index (χ2v) is 4.31. The third-order valence-electron chi connectivity index (χ3n) is 3.05. The largest absolute Gasteiger partial charge is 0.394 e. The number of imidazole rings is 1. The summed E-state index contributed by atoms with van der Waals surface area (Å²) < 4.78 is 6.35. The average molecular weight is 283 g/mol. The van der Waals surface area contributed by atoms with Crippen LogP contribution in [0.1, 0.15) is 0 Å². The highest BCUT2D eigenvalue weighted by atomic mass is 16.8. The van der Waals surface area contributed by atoms with E-state index in [9.17, 15) is 10.2 Å². The Balaban J connectivity index is 1.85. The number of rotatable bonds is 3. The highest BCUT2D eigenvalue weighted by molar-refractivity contribution is 5.80. The molecular formula is C10H13N5O5. The molecule has 20 heavy (non-hydrogen) atoms. The SMILES string of the molecule is Nc1ncnc2c1ncn2O[C@@H]1O[C@H](CO)[C@@H](O)[C@H]1O. The van der Waals surface area contributed by atoms with Gasteiger partial charge in [-0.1, -0.05) is 0 Å². The molecule has 0 aliphatic carbocycles. The topological polar surface area (TPSA) is 149 Å². The van der Waals surface area contributed by atoms with Gasteiger partial charge in [0.25, 0.3) is 6.29 Å². The molecule has 10 heteroatoms. The molecule has 1 fully saturated rings. The highest BCUT2D eigenvalue weighted by Crippen LogP contribution is 2.21. The summed E-state index contributed by atoms with van der Waals surface area (Å²) in [7, 11) is 0. The molecule has 3 rings (SSSR count). The Bertz CT molecular complexity index is 619. The molecule has 2 aromatic rings. The van der Waals surface area contributed by atoms with Crippen LogP contribution in [0, 0.1) is 0 Å². The number of aromatic nitrogens is 4. The lowest BCUT2D eigenvalue weighted by molar-refractivity contribution is -0.169. The molecule has 108 valence electrons. The summed E-state index contributed by atoms with van der Waals surface area (Å²) in [6.07, 6.45) is -2.07. The van der Waals surface area contributed by atoms with E-state index in [1.807, 2.05) is 0 Å². The van der Waals surface area contributed by atoms with Gasteiger partial charge in [0.1, 0.15) is 31.0 Å². The van der Waals surface area contributed by atoms with E-state index in [0.29, 0.717) is 11.2 Å². The van der Waals surface area contributed by atoms with E-state index in [1.165, 1.54) is 12.7 Å². The van der Waals surface area contributed by atoms with Crippen LogP contribution in [0.3, 0.4) is 0 Å². The molecule has 0 amide bonds. The van der Waals surface area contributed by atoms with Crippen LogP contribution in [-0.2, 0) is 4.74 Å². The summed E-state index contributed by atoms with van der Waals surface area (Å²) in [5.41, 5.74) is 6.28. The summed E-state index contributed by atoms with van der Waals surface area (Å²) in [6.45, 7) is -0.433. The fraction of sp³-hybridized carbons (Fsp3) is 0.500. The first-order chi connectivity index (χ1) is 9.61. The lowest BCUT2D eigenvalue weighted by Crippen LogP contribution is -2.38. The van der Waals surface area contributed by atoms with Gasteiger partial charge in [-0.15, -0.1) is 4.73 Å². The van der Waals surface area contributed by atoms with Crippen molar-refractivity contribution in [1.82, 2.24) is 19.7 Å². The van der Waals surface area contributed by atoms with Gasteiger partial charge in [0.15, 0.2) is 11.3 Å². The van der Waals surface area contributed by atoms with Crippen LogP contribution in [0.15, 0.2) is 12.7 Å². The average Bonchev–Trinajstić information content (AvgIpc) is 2.97. The van der Waals surface area contributed by atoms with Gasteiger partial charge in [-0.05, 0) is 0 Å². The van der Waals surface area contributed by atoms with Crippen LogP contribution in [-0.4, -0.2) is 66.2 Å². The molecule has 1 aliphatic rings. The molecule has 0 bridgehead atoms. The number of ether oxygens (including phenoxy) is 1. The standard InChI is InChI=1S/C10H13N5O5/c11-8-5-9(13-2-12-8)15(3-14-5)20-10-7(18)6(17)4(1-16)19-10/h2-4,6-7,10,16-18H,1H2,(H2,11,12,13)/t4-,6-,7-,10+/m1/s1. The Morgan fingerprint density at radius 1 is 1.30 bits per heavy atom. The van der Waals surface area contributed by atoms with Crippen LogP contribution in [0.4, 0.5) is 5.82 Å². The van der Waals surface area contributed by atoms with Gasteiger partial charge >= 0.3 is 0 Å². The molecule has 3 heterocycles. The molecule has 0 saturated carbocycles. The zero-order valence-electron chi connectivity index (χ0n) is 10.2. The molecular weight excluding hydrogens is 270 g/mol. The number of nitrogen functional groups attached to an aromatic ring is 1. The second-order valence-electron chi connectivity index (χ2n) is 4.31. The molecule has 0 radical (unpaired) electrons. The van der Waals surface area contributed by atoms with Crippen LogP contribution >= 0.6 is 0 Å². The van der Waals surface area contributed by atoms with Crippen LogP contribution in [0.25, 0.3) is 11.2 Å². The molecule has 10 nitrogen and oxygen atoms in total. The van der Waals surface area contributed by atoms with E-state index in [0.717, 1.165) is 4.73 Å². The number of aliphatic hydroxyl groups excluding tert-OH is 3. The zero-order chi connectivity index (χ0) is 14.3. The van der Waals surface area contributed by atoms with Gasteiger partial charge in [-0.2, -0.15) is 0 Å². The van der Waals surface area contributed by atoms with Gasteiger partial charge in [-0.25, -0.2) is 15.0 Å². The first kappa shape index (κ1) is 13.0. The summed E-state index contributed by atoms with van der Waals surface area (Å²) in [5.74, 6) is 0.193. The third kappa shape index (κ3) is 1.94. The van der Waals surface area contributed by atoms with Crippen molar-refractivity contribution in [3.63, 3.8) is 0 Å². The van der Waals surface area contributed by atoms with Gasteiger partial charge in [0.2, 0.25) is 5.65 Å². The maximum atomic E-state index is 9.78. The van der Waals surface area contributed by atoms with Gasteiger partial charge in [0, 0.05) is 0 Å². The van der Waals surface area contributed by atoms with Crippen LogP contribution in [0.5, 0.6) is 0 Å². The number of fused-ring (bicyclic) bond motifs is 1. The predicted molar refractivity (Wildman–Crippen MR) is 64.1 cm³/mol. The summed E-state index contributed by atoms with van der Waals surface area (Å²) >= 11 is 0.